The molecule has 0 aliphatic carbocycles. The molecule has 0 saturated carbocycles. The number of hydrogen-bond donors (Lipinski definition) is 2. The molecule has 0 aromatic heterocycles. The number of rotatable bonds is 6. The SMILES string of the molecule is CSc1ccccc1NC(=O)C[NH+](C)Cc1cccc(Cl)c1Cl. The van der Waals surface area contributed by atoms with Crippen LogP contribution in [-0.4, -0.2) is 25.8 Å². The van der Waals surface area contributed by atoms with Crippen molar-refractivity contribution < 1.29 is 9.69 Å². The molecule has 0 fully saturated rings. The van der Waals surface area contributed by atoms with Crippen LogP contribution in [0.4, 0.5) is 5.69 Å². The molecule has 1 amide bonds. The van der Waals surface area contributed by atoms with Crippen LogP contribution in [0.3, 0.4) is 0 Å². The van der Waals surface area contributed by atoms with Crippen LogP contribution in [0, 0.1) is 0 Å². The second-order valence-corrected chi connectivity index (χ2v) is 6.91. The van der Waals surface area contributed by atoms with Gasteiger partial charge in [0, 0.05) is 10.5 Å². The zero-order valence-corrected chi connectivity index (χ0v) is 15.4. The molecule has 2 aromatic rings. The highest BCUT2D eigenvalue weighted by Crippen LogP contribution is 2.25. The Morgan fingerprint density at radius 1 is 1.17 bits per heavy atom. The van der Waals surface area contributed by atoms with Crippen LogP contribution in [0.1, 0.15) is 5.56 Å². The zero-order valence-electron chi connectivity index (χ0n) is 13.0. The summed E-state index contributed by atoms with van der Waals surface area (Å²) in [6.45, 7) is 0.989. The molecule has 23 heavy (non-hydrogen) atoms. The zero-order chi connectivity index (χ0) is 16.8. The van der Waals surface area contributed by atoms with E-state index < -0.39 is 0 Å². The summed E-state index contributed by atoms with van der Waals surface area (Å²) in [6.07, 6.45) is 1.99. The number of hydrogen-bond acceptors (Lipinski definition) is 2. The molecule has 2 aromatic carbocycles. The van der Waals surface area contributed by atoms with Gasteiger partial charge in [-0.25, -0.2) is 0 Å². The number of amides is 1. The molecule has 0 spiro atoms. The van der Waals surface area contributed by atoms with Crippen molar-refractivity contribution in [3.05, 3.63) is 58.1 Å². The topological polar surface area (TPSA) is 33.5 Å². The Morgan fingerprint density at radius 3 is 2.65 bits per heavy atom. The van der Waals surface area contributed by atoms with Crippen molar-refractivity contribution in [3.63, 3.8) is 0 Å². The van der Waals surface area contributed by atoms with E-state index in [1.807, 2.05) is 49.7 Å². The molecular weight excluding hydrogens is 351 g/mol. The van der Waals surface area contributed by atoms with Crippen LogP contribution in [0.25, 0.3) is 0 Å². The van der Waals surface area contributed by atoms with E-state index in [1.54, 1.807) is 17.8 Å². The number of benzene rings is 2. The van der Waals surface area contributed by atoms with Gasteiger partial charge in [0.25, 0.3) is 5.91 Å². The van der Waals surface area contributed by atoms with Crippen LogP contribution in [0.2, 0.25) is 10.0 Å². The van der Waals surface area contributed by atoms with Gasteiger partial charge in [0.2, 0.25) is 0 Å². The first kappa shape index (κ1) is 18.1. The number of quaternary nitrogens is 1. The fourth-order valence-electron chi connectivity index (χ4n) is 2.29. The maximum atomic E-state index is 12.2. The molecule has 2 rings (SSSR count). The van der Waals surface area contributed by atoms with E-state index in [1.165, 1.54) is 0 Å². The first-order chi connectivity index (χ1) is 11.0. The van der Waals surface area contributed by atoms with Gasteiger partial charge in [0.1, 0.15) is 6.54 Å². The van der Waals surface area contributed by atoms with Gasteiger partial charge >= 0.3 is 0 Å². The molecule has 0 heterocycles. The third kappa shape index (κ3) is 5.15. The number of carbonyl (C=O) groups is 1. The monoisotopic (exact) mass is 369 g/mol. The smallest absolute Gasteiger partial charge is 0.279 e. The van der Waals surface area contributed by atoms with E-state index >= 15 is 0 Å². The van der Waals surface area contributed by atoms with Crippen LogP contribution in [0.15, 0.2) is 47.4 Å². The number of likely N-dealkylation sites (N-methyl/N-ethyl adjacent to an activating group) is 1. The van der Waals surface area contributed by atoms with Gasteiger partial charge in [-0.05, 0) is 24.5 Å². The van der Waals surface area contributed by atoms with E-state index in [-0.39, 0.29) is 5.91 Å². The van der Waals surface area contributed by atoms with Gasteiger partial charge in [-0.1, -0.05) is 47.5 Å². The summed E-state index contributed by atoms with van der Waals surface area (Å²) >= 11 is 13.8. The molecular formula is C17H19Cl2N2OS+. The highest BCUT2D eigenvalue weighted by molar-refractivity contribution is 7.98. The third-order valence-electron chi connectivity index (χ3n) is 3.37. The van der Waals surface area contributed by atoms with Crippen molar-refractivity contribution in [3.8, 4) is 0 Å². The van der Waals surface area contributed by atoms with E-state index in [2.05, 4.69) is 5.32 Å². The Hall–Kier alpha value is -1.20. The number of nitrogens with one attached hydrogen (secondary N) is 2. The first-order valence-corrected chi connectivity index (χ1v) is 9.16. The molecule has 1 unspecified atom stereocenters. The molecule has 0 saturated heterocycles. The van der Waals surface area contributed by atoms with Crippen molar-refractivity contribution in [1.82, 2.24) is 0 Å². The van der Waals surface area contributed by atoms with Gasteiger partial charge in [-0.15, -0.1) is 11.8 Å². The van der Waals surface area contributed by atoms with Crippen LogP contribution < -0.4 is 10.2 Å². The Labute approximate surface area is 151 Å². The van der Waals surface area contributed by atoms with Crippen molar-refractivity contribution in [1.29, 1.82) is 0 Å². The maximum Gasteiger partial charge on any atom is 0.279 e. The molecule has 6 heteroatoms. The molecule has 0 aliphatic rings. The summed E-state index contributed by atoms with van der Waals surface area (Å²) in [6, 6.07) is 13.3. The minimum Gasteiger partial charge on any atom is -0.326 e. The quantitative estimate of drug-likeness (QED) is 0.765. The molecule has 0 radical (unpaired) electrons. The Bertz CT molecular complexity index is 694. The molecule has 0 bridgehead atoms. The van der Waals surface area contributed by atoms with Crippen LogP contribution >= 0.6 is 35.0 Å². The lowest BCUT2D eigenvalue weighted by Crippen LogP contribution is -3.08. The Morgan fingerprint density at radius 2 is 1.91 bits per heavy atom. The van der Waals surface area contributed by atoms with Crippen molar-refractivity contribution >= 4 is 46.6 Å². The van der Waals surface area contributed by atoms with E-state index in [9.17, 15) is 4.79 Å². The maximum absolute atomic E-state index is 12.2. The largest absolute Gasteiger partial charge is 0.326 e. The average molecular weight is 370 g/mol. The summed E-state index contributed by atoms with van der Waals surface area (Å²) in [5, 5.41) is 4.06. The molecule has 2 N–H and O–H groups in total. The standard InChI is InChI=1S/C17H18Cl2N2OS/c1-21(10-12-6-5-7-13(18)17(12)19)11-16(22)20-14-8-3-4-9-15(14)23-2/h3-9H,10-11H2,1-2H3,(H,20,22)/p+1. The van der Waals surface area contributed by atoms with Crippen LogP contribution in [-0.2, 0) is 11.3 Å². The fourth-order valence-corrected chi connectivity index (χ4v) is 3.23. The summed E-state index contributed by atoms with van der Waals surface area (Å²) in [4.78, 5) is 14.3. The number of carbonyl (C=O) groups excluding carboxylic acids is 1. The van der Waals surface area contributed by atoms with Gasteiger partial charge in [0.15, 0.2) is 6.54 Å². The summed E-state index contributed by atoms with van der Waals surface area (Å²) in [5.41, 5.74) is 1.78. The fraction of sp³-hybridized carbons (Fsp3) is 0.235. The number of halogens is 2. The van der Waals surface area contributed by atoms with Gasteiger partial charge in [-0.3, -0.25) is 4.79 Å². The second kappa shape index (κ2) is 8.60. The summed E-state index contributed by atoms with van der Waals surface area (Å²) in [7, 11) is 1.96. The molecule has 122 valence electrons. The minimum atomic E-state index is -0.0258. The normalized spacial score (nSPS) is 12.0. The Kier molecular flexibility index (Phi) is 6.78. The molecule has 1 atom stereocenters. The van der Waals surface area contributed by atoms with Crippen molar-refractivity contribution in [2.45, 2.75) is 11.4 Å². The van der Waals surface area contributed by atoms with Gasteiger partial charge in [-0.2, -0.15) is 0 Å². The highest BCUT2D eigenvalue weighted by Gasteiger charge is 2.14. The average Bonchev–Trinajstić information content (AvgIpc) is 2.52. The van der Waals surface area contributed by atoms with E-state index in [4.69, 9.17) is 23.2 Å². The van der Waals surface area contributed by atoms with Crippen molar-refractivity contribution in [2.75, 3.05) is 25.2 Å². The first-order valence-electron chi connectivity index (χ1n) is 7.18. The predicted octanol–water partition coefficient (Wildman–Crippen LogP) is 3.37. The second-order valence-electron chi connectivity index (χ2n) is 5.27. The lowest BCUT2D eigenvalue weighted by Gasteiger charge is -2.16. The molecule has 0 aliphatic heterocycles. The number of anilines is 1. The van der Waals surface area contributed by atoms with Crippen molar-refractivity contribution in [2.24, 2.45) is 0 Å². The minimum absolute atomic E-state index is 0.0258. The van der Waals surface area contributed by atoms with Crippen LogP contribution in [0.5, 0.6) is 0 Å². The number of thioether (sulfide) groups is 1. The summed E-state index contributed by atoms with van der Waals surface area (Å²) < 4.78 is 0. The predicted molar refractivity (Wildman–Crippen MR) is 98.8 cm³/mol. The summed E-state index contributed by atoms with van der Waals surface area (Å²) in [5.74, 6) is -0.0258. The van der Waals surface area contributed by atoms with Gasteiger partial charge < -0.3 is 10.2 Å². The highest BCUT2D eigenvalue weighted by atomic mass is 35.5. The molecule has 3 nitrogen and oxygen atoms in total. The number of para-hydroxylation sites is 1. The lowest BCUT2D eigenvalue weighted by atomic mass is 10.2. The Balaban J connectivity index is 1.96. The van der Waals surface area contributed by atoms with Gasteiger partial charge in [0.05, 0.1) is 22.8 Å². The third-order valence-corrected chi connectivity index (χ3v) is 5.02. The van der Waals surface area contributed by atoms with E-state index in [0.29, 0.717) is 23.1 Å². The lowest BCUT2D eigenvalue weighted by molar-refractivity contribution is -0.885. The van der Waals surface area contributed by atoms with E-state index in [0.717, 1.165) is 21.0 Å².